The third-order valence-electron chi connectivity index (χ3n) is 4.87. The average molecular weight is 419 g/mol. The first kappa shape index (κ1) is 19.6. The number of carbonyl (C=O) groups is 2. The van der Waals surface area contributed by atoms with Crippen molar-refractivity contribution in [2.45, 2.75) is 4.90 Å². The number of esters is 1. The van der Waals surface area contributed by atoms with Crippen LogP contribution in [0.2, 0.25) is 0 Å². The minimum absolute atomic E-state index is 0.141. The first-order valence-corrected chi connectivity index (χ1v) is 10.5. The number of aromatic nitrogens is 1. The van der Waals surface area contributed by atoms with Crippen LogP contribution in [0.4, 0.5) is 0 Å². The molecule has 0 fully saturated rings. The van der Waals surface area contributed by atoms with Gasteiger partial charge in [0.2, 0.25) is 0 Å². The van der Waals surface area contributed by atoms with Crippen LogP contribution in [0.3, 0.4) is 0 Å². The number of hydrogen-bond acceptors (Lipinski definition) is 5. The lowest BCUT2D eigenvalue weighted by Gasteiger charge is -2.08. The Kier molecular flexibility index (Phi) is 4.97. The molecule has 30 heavy (non-hydrogen) atoms. The Morgan fingerprint density at radius 1 is 0.933 bits per heavy atom. The normalized spacial score (nSPS) is 11.4. The Morgan fingerprint density at radius 3 is 2.23 bits per heavy atom. The molecule has 0 saturated heterocycles. The van der Waals surface area contributed by atoms with Gasteiger partial charge in [0.05, 0.1) is 23.1 Å². The van der Waals surface area contributed by atoms with Gasteiger partial charge in [-0.2, -0.15) is 0 Å². The van der Waals surface area contributed by atoms with Crippen molar-refractivity contribution >= 4 is 33.2 Å². The molecule has 0 N–H and O–H groups in total. The molecule has 150 valence electrons. The summed E-state index contributed by atoms with van der Waals surface area (Å²) < 4.78 is 32.0. The van der Waals surface area contributed by atoms with Gasteiger partial charge in [-0.25, -0.2) is 17.2 Å². The van der Waals surface area contributed by atoms with Crippen LogP contribution in [-0.2, 0) is 14.8 Å². The van der Waals surface area contributed by atoms with E-state index in [1.165, 1.54) is 25.4 Å². The second kappa shape index (κ2) is 7.61. The molecule has 3 aromatic carbocycles. The topological polar surface area (TPSA) is 82.4 Å². The molecule has 4 aromatic rings. The molecule has 0 aliphatic heterocycles. The molecule has 0 bridgehead atoms. The van der Waals surface area contributed by atoms with Crippen LogP contribution in [0.5, 0.6) is 0 Å². The summed E-state index contributed by atoms with van der Waals surface area (Å²) in [6.07, 6.45) is 1.98. The molecule has 4 rings (SSSR count). The molecule has 0 aliphatic carbocycles. The Bertz CT molecular complexity index is 1350. The number of ether oxygens (including phenoxy) is 1. The quantitative estimate of drug-likeness (QED) is 0.359. The van der Waals surface area contributed by atoms with Gasteiger partial charge in [0.1, 0.15) is 0 Å². The third kappa shape index (κ3) is 3.29. The summed E-state index contributed by atoms with van der Waals surface area (Å²) in [7, 11) is -2.53. The number of carbonyl (C=O) groups excluding carboxylic acids is 2. The number of benzene rings is 3. The SMILES string of the molecule is COC(=O)c1ccc(-c2ccc3c(c2)c(C=O)cn3S(=O)(=O)c2ccccc2)cc1. The Hall–Kier alpha value is -3.71. The maximum absolute atomic E-state index is 13.1. The lowest BCUT2D eigenvalue weighted by Crippen LogP contribution is -2.11. The molecule has 7 heteroatoms. The van der Waals surface area contributed by atoms with E-state index in [-0.39, 0.29) is 10.5 Å². The van der Waals surface area contributed by atoms with Crippen LogP contribution in [0.1, 0.15) is 20.7 Å². The molecule has 1 aromatic heterocycles. The second-order valence-electron chi connectivity index (χ2n) is 6.62. The van der Waals surface area contributed by atoms with Crippen molar-refractivity contribution in [3.63, 3.8) is 0 Å². The Balaban J connectivity index is 1.83. The highest BCUT2D eigenvalue weighted by Crippen LogP contribution is 2.30. The minimum atomic E-state index is -3.84. The van der Waals surface area contributed by atoms with Crippen LogP contribution in [0.25, 0.3) is 22.0 Å². The summed E-state index contributed by atoms with van der Waals surface area (Å²) in [6.45, 7) is 0. The predicted molar refractivity (Wildman–Crippen MR) is 113 cm³/mol. The number of rotatable bonds is 5. The van der Waals surface area contributed by atoms with Gasteiger partial charge < -0.3 is 4.74 Å². The molecular weight excluding hydrogens is 402 g/mol. The Morgan fingerprint density at radius 2 is 1.60 bits per heavy atom. The van der Waals surface area contributed by atoms with Crippen molar-refractivity contribution in [1.29, 1.82) is 0 Å². The van der Waals surface area contributed by atoms with E-state index in [1.54, 1.807) is 60.7 Å². The van der Waals surface area contributed by atoms with Gasteiger partial charge in [-0.3, -0.25) is 4.79 Å². The average Bonchev–Trinajstić information content (AvgIpc) is 3.18. The molecule has 0 radical (unpaired) electrons. The van der Waals surface area contributed by atoms with Crippen LogP contribution in [0, 0.1) is 0 Å². The standard InChI is InChI=1S/C23H17NO5S/c1-29-23(26)17-9-7-16(8-10-17)18-11-12-22-21(13-18)19(15-25)14-24(22)30(27,28)20-5-3-2-4-6-20/h2-15H,1H3. The molecular formula is C23H17NO5S. The molecule has 0 saturated carbocycles. The van der Waals surface area contributed by atoms with E-state index in [0.29, 0.717) is 22.8 Å². The van der Waals surface area contributed by atoms with Crippen molar-refractivity contribution in [2.24, 2.45) is 0 Å². The number of aldehydes is 1. The number of nitrogens with zero attached hydrogens (tertiary/aromatic N) is 1. The maximum Gasteiger partial charge on any atom is 0.337 e. The lowest BCUT2D eigenvalue weighted by molar-refractivity contribution is 0.0600. The number of methoxy groups -OCH3 is 1. The van der Waals surface area contributed by atoms with E-state index in [4.69, 9.17) is 4.74 Å². The van der Waals surface area contributed by atoms with E-state index in [0.717, 1.165) is 15.1 Å². The van der Waals surface area contributed by atoms with Crippen molar-refractivity contribution < 1.29 is 22.7 Å². The fourth-order valence-electron chi connectivity index (χ4n) is 3.32. The molecule has 0 amide bonds. The molecule has 0 atom stereocenters. The van der Waals surface area contributed by atoms with Crippen LogP contribution < -0.4 is 0 Å². The van der Waals surface area contributed by atoms with Gasteiger partial charge in [-0.05, 0) is 47.5 Å². The molecule has 0 aliphatic rings. The van der Waals surface area contributed by atoms with Gasteiger partial charge in [0.25, 0.3) is 10.0 Å². The fraction of sp³-hybridized carbons (Fsp3) is 0.0435. The molecule has 0 spiro atoms. The van der Waals surface area contributed by atoms with Gasteiger partial charge in [0, 0.05) is 17.1 Å². The van der Waals surface area contributed by atoms with Crippen molar-refractivity contribution in [1.82, 2.24) is 3.97 Å². The first-order chi connectivity index (χ1) is 14.5. The largest absolute Gasteiger partial charge is 0.465 e. The van der Waals surface area contributed by atoms with Crippen molar-refractivity contribution in [3.05, 3.63) is 90.1 Å². The smallest absolute Gasteiger partial charge is 0.337 e. The summed E-state index contributed by atoms with van der Waals surface area (Å²) in [6, 6.07) is 20.1. The van der Waals surface area contributed by atoms with Crippen LogP contribution in [-0.4, -0.2) is 31.8 Å². The maximum atomic E-state index is 13.1. The first-order valence-electron chi connectivity index (χ1n) is 9.05. The monoisotopic (exact) mass is 419 g/mol. The highest BCUT2D eigenvalue weighted by atomic mass is 32.2. The lowest BCUT2D eigenvalue weighted by atomic mass is 10.0. The van der Waals surface area contributed by atoms with Gasteiger partial charge >= 0.3 is 5.97 Å². The summed E-state index contributed by atoms with van der Waals surface area (Å²) in [4.78, 5) is 23.4. The minimum Gasteiger partial charge on any atom is -0.465 e. The van der Waals surface area contributed by atoms with E-state index in [2.05, 4.69) is 0 Å². The summed E-state index contributed by atoms with van der Waals surface area (Å²) in [5, 5.41) is 0.527. The van der Waals surface area contributed by atoms with E-state index >= 15 is 0 Å². The zero-order chi connectivity index (χ0) is 21.3. The van der Waals surface area contributed by atoms with E-state index in [1.807, 2.05) is 0 Å². The summed E-state index contributed by atoms with van der Waals surface area (Å²) in [5.41, 5.74) is 2.72. The van der Waals surface area contributed by atoms with Crippen molar-refractivity contribution in [3.8, 4) is 11.1 Å². The van der Waals surface area contributed by atoms with Gasteiger partial charge in [-0.1, -0.05) is 36.4 Å². The molecule has 0 unspecified atom stereocenters. The highest BCUT2D eigenvalue weighted by Gasteiger charge is 2.21. The number of fused-ring (bicyclic) bond motifs is 1. The second-order valence-corrected chi connectivity index (χ2v) is 8.43. The third-order valence-corrected chi connectivity index (χ3v) is 6.56. The zero-order valence-electron chi connectivity index (χ0n) is 16.0. The highest BCUT2D eigenvalue weighted by molar-refractivity contribution is 7.90. The van der Waals surface area contributed by atoms with Crippen molar-refractivity contribution in [2.75, 3.05) is 7.11 Å². The van der Waals surface area contributed by atoms with Gasteiger partial charge in [0.15, 0.2) is 6.29 Å². The number of hydrogen-bond donors (Lipinski definition) is 0. The van der Waals surface area contributed by atoms with E-state index < -0.39 is 16.0 Å². The molecule has 6 nitrogen and oxygen atoms in total. The fourth-order valence-corrected chi connectivity index (χ4v) is 4.72. The summed E-state index contributed by atoms with van der Waals surface area (Å²) in [5.74, 6) is -0.427. The Labute approximate surface area is 173 Å². The molecule has 1 heterocycles. The zero-order valence-corrected chi connectivity index (χ0v) is 16.8. The van der Waals surface area contributed by atoms with Gasteiger partial charge in [-0.15, -0.1) is 0 Å². The van der Waals surface area contributed by atoms with Crippen LogP contribution in [0.15, 0.2) is 83.9 Å². The van der Waals surface area contributed by atoms with Crippen LogP contribution >= 0.6 is 0 Å². The predicted octanol–water partition coefficient (Wildman–Crippen LogP) is 4.14. The summed E-state index contributed by atoms with van der Waals surface area (Å²) >= 11 is 0. The van der Waals surface area contributed by atoms with E-state index in [9.17, 15) is 18.0 Å².